The molecule has 2 heterocycles. The van der Waals surface area contributed by atoms with Gasteiger partial charge in [-0.1, -0.05) is 12.1 Å². The first-order chi connectivity index (χ1) is 10.8. The molecule has 22 heavy (non-hydrogen) atoms. The molecule has 0 bridgehead atoms. The lowest BCUT2D eigenvalue weighted by atomic mass is 9.91. The molecule has 5 heteroatoms. The first kappa shape index (κ1) is 15.0. The monoisotopic (exact) mass is 316 g/mol. The van der Waals surface area contributed by atoms with E-state index >= 15 is 0 Å². The lowest BCUT2D eigenvalue weighted by Gasteiger charge is -2.32. The number of ether oxygens (including phenoxy) is 1. The van der Waals surface area contributed by atoms with Crippen molar-refractivity contribution in [3.8, 4) is 5.75 Å². The van der Waals surface area contributed by atoms with Crippen LogP contribution in [0.2, 0.25) is 0 Å². The SMILES string of the molecule is COc1ccc(CC2CCCN(C(=O)c3ccns3)C2)cc1. The summed E-state index contributed by atoms with van der Waals surface area (Å²) in [7, 11) is 1.68. The zero-order valence-corrected chi connectivity index (χ0v) is 13.5. The minimum absolute atomic E-state index is 0.127. The summed E-state index contributed by atoms with van der Waals surface area (Å²) in [5, 5.41) is 0. The van der Waals surface area contributed by atoms with E-state index in [1.54, 1.807) is 19.4 Å². The van der Waals surface area contributed by atoms with Crippen LogP contribution in [0.4, 0.5) is 0 Å². The standard InChI is InChI=1S/C17H20N2O2S/c1-21-15-6-4-13(5-7-15)11-14-3-2-10-19(12-14)17(20)16-8-9-18-22-16/h4-9,14H,2-3,10-12H2,1H3. The lowest BCUT2D eigenvalue weighted by Crippen LogP contribution is -2.40. The molecule has 116 valence electrons. The molecular weight excluding hydrogens is 296 g/mol. The molecule has 1 amide bonds. The lowest BCUT2D eigenvalue weighted by molar-refractivity contribution is 0.0678. The summed E-state index contributed by atoms with van der Waals surface area (Å²) in [4.78, 5) is 15.1. The van der Waals surface area contributed by atoms with E-state index in [0.717, 1.165) is 36.6 Å². The van der Waals surface area contributed by atoms with Crippen molar-refractivity contribution in [2.45, 2.75) is 19.3 Å². The number of hydrogen-bond donors (Lipinski definition) is 0. The van der Waals surface area contributed by atoms with E-state index in [4.69, 9.17) is 4.74 Å². The van der Waals surface area contributed by atoms with Crippen molar-refractivity contribution in [3.05, 3.63) is 47.0 Å². The molecule has 1 aliphatic heterocycles. The number of methoxy groups -OCH3 is 1. The zero-order chi connectivity index (χ0) is 15.4. The highest BCUT2D eigenvalue weighted by atomic mass is 32.1. The number of amides is 1. The Kier molecular flexibility index (Phi) is 4.73. The number of carbonyl (C=O) groups is 1. The average Bonchev–Trinajstić information content (AvgIpc) is 3.09. The van der Waals surface area contributed by atoms with Crippen LogP contribution in [0.25, 0.3) is 0 Å². The van der Waals surface area contributed by atoms with Crippen molar-refractivity contribution in [1.29, 1.82) is 0 Å². The summed E-state index contributed by atoms with van der Waals surface area (Å²) in [5.41, 5.74) is 1.30. The summed E-state index contributed by atoms with van der Waals surface area (Å²) in [6.45, 7) is 1.69. The molecule has 2 aromatic rings. The molecule has 1 aromatic carbocycles. The summed E-state index contributed by atoms with van der Waals surface area (Å²) >= 11 is 1.28. The van der Waals surface area contributed by atoms with Gasteiger partial charge in [0.05, 0.1) is 7.11 Å². The van der Waals surface area contributed by atoms with Gasteiger partial charge < -0.3 is 9.64 Å². The molecule has 1 aromatic heterocycles. The first-order valence-electron chi connectivity index (χ1n) is 7.59. The Bertz CT molecular complexity index is 610. The van der Waals surface area contributed by atoms with E-state index in [1.165, 1.54) is 23.5 Å². The third kappa shape index (κ3) is 3.47. The Morgan fingerprint density at radius 1 is 1.36 bits per heavy atom. The second-order valence-corrected chi connectivity index (χ2v) is 6.52. The van der Waals surface area contributed by atoms with Crippen molar-refractivity contribution >= 4 is 17.4 Å². The van der Waals surface area contributed by atoms with E-state index in [0.29, 0.717) is 5.92 Å². The van der Waals surface area contributed by atoms with Gasteiger partial charge in [-0.3, -0.25) is 4.79 Å². The van der Waals surface area contributed by atoms with Crippen LogP contribution in [0.1, 0.15) is 28.1 Å². The topological polar surface area (TPSA) is 42.4 Å². The summed E-state index contributed by atoms with van der Waals surface area (Å²) in [5.74, 6) is 1.54. The summed E-state index contributed by atoms with van der Waals surface area (Å²) < 4.78 is 9.21. The fourth-order valence-electron chi connectivity index (χ4n) is 2.99. The molecule has 1 aliphatic rings. The molecule has 0 N–H and O–H groups in total. The van der Waals surface area contributed by atoms with Gasteiger partial charge in [0.2, 0.25) is 0 Å². The average molecular weight is 316 g/mol. The number of hydrogen-bond acceptors (Lipinski definition) is 4. The van der Waals surface area contributed by atoms with Crippen molar-refractivity contribution in [2.75, 3.05) is 20.2 Å². The second kappa shape index (κ2) is 6.92. The second-order valence-electron chi connectivity index (χ2n) is 5.69. The number of carbonyl (C=O) groups excluding carboxylic acids is 1. The minimum Gasteiger partial charge on any atom is -0.497 e. The van der Waals surface area contributed by atoms with Crippen LogP contribution in [0, 0.1) is 5.92 Å². The highest BCUT2D eigenvalue weighted by Gasteiger charge is 2.25. The van der Waals surface area contributed by atoms with Gasteiger partial charge in [-0.05, 0) is 60.5 Å². The number of rotatable bonds is 4. The fourth-order valence-corrected chi connectivity index (χ4v) is 3.56. The molecule has 1 saturated heterocycles. The van der Waals surface area contributed by atoms with Gasteiger partial charge in [0, 0.05) is 19.3 Å². The van der Waals surface area contributed by atoms with E-state index in [1.807, 2.05) is 17.0 Å². The Morgan fingerprint density at radius 2 is 2.18 bits per heavy atom. The number of likely N-dealkylation sites (tertiary alicyclic amines) is 1. The Balaban J connectivity index is 1.61. The fraction of sp³-hybridized carbons (Fsp3) is 0.412. The highest BCUT2D eigenvalue weighted by Crippen LogP contribution is 2.23. The van der Waals surface area contributed by atoms with Crippen molar-refractivity contribution in [2.24, 2.45) is 5.92 Å². The molecule has 1 atom stereocenters. The predicted octanol–water partition coefficient (Wildman–Crippen LogP) is 3.25. The maximum Gasteiger partial charge on any atom is 0.265 e. The molecule has 0 saturated carbocycles. The van der Waals surface area contributed by atoms with E-state index in [9.17, 15) is 4.79 Å². The Labute approximate surface area is 134 Å². The van der Waals surface area contributed by atoms with E-state index in [-0.39, 0.29) is 5.91 Å². The van der Waals surface area contributed by atoms with Crippen LogP contribution in [-0.4, -0.2) is 35.4 Å². The van der Waals surface area contributed by atoms with Crippen LogP contribution in [0.15, 0.2) is 36.5 Å². The molecule has 4 nitrogen and oxygen atoms in total. The van der Waals surface area contributed by atoms with E-state index in [2.05, 4.69) is 16.5 Å². The number of nitrogens with zero attached hydrogens (tertiary/aromatic N) is 2. The van der Waals surface area contributed by atoms with E-state index < -0.39 is 0 Å². The van der Waals surface area contributed by atoms with Gasteiger partial charge in [-0.2, -0.15) is 0 Å². The van der Waals surface area contributed by atoms with Gasteiger partial charge in [-0.15, -0.1) is 0 Å². The van der Waals surface area contributed by atoms with Crippen LogP contribution in [0.5, 0.6) is 5.75 Å². The van der Waals surface area contributed by atoms with Crippen molar-refractivity contribution in [3.63, 3.8) is 0 Å². The van der Waals surface area contributed by atoms with Crippen LogP contribution < -0.4 is 4.74 Å². The first-order valence-corrected chi connectivity index (χ1v) is 8.36. The minimum atomic E-state index is 0.127. The molecule has 1 unspecified atom stereocenters. The molecule has 1 fully saturated rings. The quantitative estimate of drug-likeness (QED) is 0.869. The Hall–Kier alpha value is -1.88. The maximum atomic E-state index is 12.4. The van der Waals surface area contributed by atoms with Crippen LogP contribution in [0.3, 0.4) is 0 Å². The number of piperidine rings is 1. The smallest absolute Gasteiger partial charge is 0.265 e. The molecule has 3 rings (SSSR count). The maximum absolute atomic E-state index is 12.4. The third-order valence-corrected chi connectivity index (χ3v) is 4.87. The Morgan fingerprint density at radius 3 is 2.86 bits per heavy atom. The van der Waals surface area contributed by atoms with Gasteiger partial charge in [0.1, 0.15) is 10.6 Å². The van der Waals surface area contributed by atoms with Gasteiger partial charge >= 0.3 is 0 Å². The summed E-state index contributed by atoms with van der Waals surface area (Å²) in [6.07, 6.45) is 4.96. The van der Waals surface area contributed by atoms with Crippen molar-refractivity contribution in [1.82, 2.24) is 9.27 Å². The van der Waals surface area contributed by atoms with Gasteiger partial charge in [0.25, 0.3) is 5.91 Å². The van der Waals surface area contributed by atoms with Gasteiger partial charge in [-0.25, -0.2) is 4.37 Å². The molecular formula is C17H20N2O2S. The zero-order valence-electron chi connectivity index (χ0n) is 12.7. The number of aromatic nitrogens is 1. The van der Waals surface area contributed by atoms with Crippen LogP contribution in [-0.2, 0) is 6.42 Å². The molecule has 0 radical (unpaired) electrons. The predicted molar refractivity (Wildman–Crippen MR) is 87.4 cm³/mol. The van der Waals surface area contributed by atoms with Crippen LogP contribution >= 0.6 is 11.5 Å². The normalized spacial score (nSPS) is 18.2. The number of benzene rings is 1. The molecule has 0 aliphatic carbocycles. The van der Waals surface area contributed by atoms with Gasteiger partial charge in [0.15, 0.2) is 0 Å². The third-order valence-electron chi connectivity index (χ3n) is 4.14. The summed E-state index contributed by atoms with van der Waals surface area (Å²) in [6, 6.07) is 10.0. The largest absolute Gasteiger partial charge is 0.497 e. The van der Waals surface area contributed by atoms with Crippen molar-refractivity contribution < 1.29 is 9.53 Å². The molecule has 0 spiro atoms. The highest BCUT2D eigenvalue weighted by molar-refractivity contribution is 7.08.